The monoisotopic (exact) mass is 204 g/mol. The second-order valence-electron chi connectivity index (χ2n) is 3.74. The summed E-state index contributed by atoms with van der Waals surface area (Å²) in [6.45, 7) is 6.59. The number of hydrogen-bond donors (Lipinski definition) is 0. The maximum Gasteiger partial charge on any atom is 0.186 e. The summed E-state index contributed by atoms with van der Waals surface area (Å²) in [6, 6.07) is 0. The van der Waals surface area contributed by atoms with Crippen molar-refractivity contribution >= 4 is 16.9 Å². The average Bonchev–Trinajstić information content (AvgIpc) is 2.04. The van der Waals surface area contributed by atoms with Crippen LogP contribution < -0.4 is 0 Å². The molecule has 13 heavy (non-hydrogen) atoms. The number of likely N-dealkylation sites (N-methyl/N-ethyl adjacent to an activating group) is 1. The van der Waals surface area contributed by atoms with Crippen LogP contribution in [0.3, 0.4) is 0 Å². The molecule has 1 fully saturated rings. The van der Waals surface area contributed by atoms with Gasteiger partial charge in [0.05, 0.1) is 32.6 Å². The van der Waals surface area contributed by atoms with Gasteiger partial charge in [-0.15, -0.1) is 0 Å². The Morgan fingerprint density at radius 2 is 2.08 bits per heavy atom. The molecule has 1 aliphatic heterocycles. The van der Waals surface area contributed by atoms with Crippen molar-refractivity contribution < 1.29 is 14.0 Å². The number of ether oxygens (including phenoxy) is 1. The van der Waals surface area contributed by atoms with Crippen LogP contribution in [0.2, 0.25) is 0 Å². The van der Waals surface area contributed by atoms with Crippen LogP contribution in [0.1, 0.15) is 6.92 Å². The molecule has 0 radical (unpaired) electrons. The molecule has 0 amide bonds. The van der Waals surface area contributed by atoms with Crippen molar-refractivity contribution in [2.45, 2.75) is 6.92 Å². The standard InChI is InChI=1S/C9H18NO2S/c1-9(11)13-8-5-10(2)3-6-12-7-4-10/h3-8H2,1-2H3/q+1. The highest BCUT2D eigenvalue weighted by atomic mass is 32.2. The first-order chi connectivity index (χ1) is 6.12. The first kappa shape index (κ1) is 11.0. The summed E-state index contributed by atoms with van der Waals surface area (Å²) in [5.74, 6) is 0.936. The van der Waals surface area contributed by atoms with Crippen molar-refractivity contribution in [2.24, 2.45) is 0 Å². The second kappa shape index (κ2) is 4.98. The SMILES string of the molecule is CC(=O)SCC[N+]1(C)CCOCC1. The lowest BCUT2D eigenvalue weighted by molar-refractivity contribution is -0.914. The van der Waals surface area contributed by atoms with Crippen LogP contribution >= 0.6 is 11.8 Å². The molecule has 0 unspecified atom stereocenters. The van der Waals surface area contributed by atoms with Crippen LogP contribution in [0, 0.1) is 0 Å². The minimum Gasteiger partial charge on any atom is -0.370 e. The molecule has 1 saturated heterocycles. The average molecular weight is 204 g/mol. The number of carbonyl (C=O) groups is 1. The van der Waals surface area contributed by atoms with Crippen LogP contribution in [0.15, 0.2) is 0 Å². The molecule has 1 rings (SSSR count). The van der Waals surface area contributed by atoms with E-state index in [1.165, 1.54) is 11.8 Å². The lowest BCUT2D eigenvalue weighted by Crippen LogP contribution is -2.53. The lowest BCUT2D eigenvalue weighted by Gasteiger charge is -2.37. The molecule has 0 aromatic heterocycles. The fourth-order valence-electron chi connectivity index (χ4n) is 1.42. The predicted octanol–water partition coefficient (Wildman–Crippen LogP) is 0.743. The number of quaternary nitrogens is 1. The van der Waals surface area contributed by atoms with Crippen molar-refractivity contribution in [3.05, 3.63) is 0 Å². The zero-order valence-electron chi connectivity index (χ0n) is 8.41. The quantitative estimate of drug-likeness (QED) is 0.634. The Balaban J connectivity index is 2.21. The van der Waals surface area contributed by atoms with E-state index in [2.05, 4.69) is 7.05 Å². The number of morpholine rings is 1. The van der Waals surface area contributed by atoms with Gasteiger partial charge in [0.15, 0.2) is 5.12 Å². The van der Waals surface area contributed by atoms with Gasteiger partial charge in [-0.1, -0.05) is 11.8 Å². The molecule has 0 aromatic carbocycles. The fraction of sp³-hybridized carbons (Fsp3) is 0.889. The summed E-state index contributed by atoms with van der Waals surface area (Å²) in [5, 5.41) is 0.222. The van der Waals surface area contributed by atoms with Gasteiger partial charge in [0, 0.05) is 6.92 Å². The van der Waals surface area contributed by atoms with Crippen molar-refractivity contribution in [1.82, 2.24) is 0 Å². The Morgan fingerprint density at radius 1 is 1.46 bits per heavy atom. The number of nitrogens with zero attached hydrogens (tertiary/aromatic N) is 1. The van der Waals surface area contributed by atoms with Gasteiger partial charge in [-0.3, -0.25) is 4.79 Å². The first-order valence-electron chi connectivity index (χ1n) is 4.67. The maximum absolute atomic E-state index is 10.7. The number of carbonyl (C=O) groups excluding carboxylic acids is 1. The zero-order chi connectivity index (χ0) is 9.73. The Kier molecular flexibility index (Phi) is 4.22. The van der Waals surface area contributed by atoms with Crippen molar-refractivity contribution in [3.8, 4) is 0 Å². The van der Waals surface area contributed by atoms with E-state index >= 15 is 0 Å². The normalized spacial score (nSPS) is 21.4. The Hall–Kier alpha value is -0.0600. The first-order valence-corrected chi connectivity index (χ1v) is 5.66. The minimum absolute atomic E-state index is 0.222. The molecule has 0 saturated carbocycles. The Labute approximate surface area is 84.0 Å². The van der Waals surface area contributed by atoms with Gasteiger partial charge in [0.1, 0.15) is 13.1 Å². The number of rotatable bonds is 3. The third kappa shape index (κ3) is 4.11. The molecule has 3 nitrogen and oxygen atoms in total. The highest BCUT2D eigenvalue weighted by Crippen LogP contribution is 2.10. The summed E-state index contributed by atoms with van der Waals surface area (Å²) in [5.41, 5.74) is 0. The van der Waals surface area contributed by atoms with Gasteiger partial charge in [0.2, 0.25) is 0 Å². The summed E-state index contributed by atoms with van der Waals surface area (Å²) in [7, 11) is 2.24. The van der Waals surface area contributed by atoms with Gasteiger partial charge in [-0.25, -0.2) is 0 Å². The van der Waals surface area contributed by atoms with E-state index in [0.29, 0.717) is 0 Å². The van der Waals surface area contributed by atoms with E-state index in [4.69, 9.17) is 4.74 Å². The Morgan fingerprint density at radius 3 is 2.62 bits per heavy atom. The molecule has 4 heteroatoms. The zero-order valence-corrected chi connectivity index (χ0v) is 9.23. The number of thioether (sulfide) groups is 1. The van der Waals surface area contributed by atoms with E-state index in [0.717, 1.165) is 43.1 Å². The summed E-state index contributed by atoms with van der Waals surface area (Å²) < 4.78 is 6.36. The smallest absolute Gasteiger partial charge is 0.186 e. The van der Waals surface area contributed by atoms with E-state index in [1.807, 2.05) is 0 Å². The maximum atomic E-state index is 10.7. The van der Waals surface area contributed by atoms with E-state index in [9.17, 15) is 4.79 Å². The molecule has 0 spiro atoms. The fourth-order valence-corrected chi connectivity index (χ4v) is 2.24. The molecule has 1 aliphatic rings. The molecule has 0 atom stereocenters. The van der Waals surface area contributed by atoms with E-state index in [1.54, 1.807) is 6.92 Å². The van der Waals surface area contributed by atoms with E-state index < -0.39 is 0 Å². The third-order valence-electron chi connectivity index (χ3n) is 2.49. The highest BCUT2D eigenvalue weighted by Gasteiger charge is 2.24. The minimum atomic E-state index is 0.222. The van der Waals surface area contributed by atoms with Crippen LogP contribution in [0.4, 0.5) is 0 Å². The topological polar surface area (TPSA) is 26.3 Å². The molecular formula is C9H18NO2S+. The highest BCUT2D eigenvalue weighted by molar-refractivity contribution is 8.13. The van der Waals surface area contributed by atoms with Crippen LogP contribution in [0.25, 0.3) is 0 Å². The van der Waals surface area contributed by atoms with Gasteiger partial charge in [-0.2, -0.15) is 0 Å². The lowest BCUT2D eigenvalue weighted by atomic mass is 10.3. The number of hydrogen-bond acceptors (Lipinski definition) is 3. The summed E-state index contributed by atoms with van der Waals surface area (Å²) >= 11 is 1.43. The van der Waals surface area contributed by atoms with Gasteiger partial charge in [-0.05, 0) is 0 Å². The largest absolute Gasteiger partial charge is 0.370 e. The second-order valence-corrected chi connectivity index (χ2v) is 5.01. The summed E-state index contributed by atoms with van der Waals surface area (Å²) in [4.78, 5) is 10.7. The van der Waals surface area contributed by atoms with Crippen LogP contribution in [-0.4, -0.2) is 55.2 Å². The predicted molar refractivity (Wildman–Crippen MR) is 54.7 cm³/mol. The van der Waals surface area contributed by atoms with Crippen LogP contribution in [0.5, 0.6) is 0 Å². The molecule has 1 heterocycles. The molecule has 0 N–H and O–H groups in total. The van der Waals surface area contributed by atoms with Crippen molar-refractivity contribution in [2.75, 3.05) is 45.6 Å². The van der Waals surface area contributed by atoms with Gasteiger partial charge < -0.3 is 9.22 Å². The Bertz CT molecular complexity index is 178. The van der Waals surface area contributed by atoms with Crippen molar-refractivity contribution in [3.63, 3.8) is 0 Å². The summed E-state index contributed by atoms with van der Waals surface area (Å²) in [6.07, 6.45) is 0. The van der Waals surface area contributed by atoms with Crippen molar-refractivity contribution in [1.29, 1.82) is 0 Å². The molecule has 0 bridgehead atoms. The van der Waals surface area contributed by atoms with Crippen LogP contribution in [-0.2, 0) is 9.53 Å². The molecule has 0 aliphatic carbocycles. The molecular weight excluding hydrogens is 186 g/mol. The molecule has 0 aromatic rings. The third-order valence-corrected chi connectivity index (χ3v) is 3.28. The van der Waals surface area contributed by atoms with Gasteiger partial charge in [0.25, 0.3) is 0 Å². The van der Waals surface area contributed by atoms with E-state index in [-0.39, 0.29) is 5.12 Å². The van der Waals surface area contributed by atoms with Gasteiger partial charge >= 0.3 is 0 Å². The molecule has 76 valence electrons.